The van der Waals surface area contributed by atoms with Crippen LogP contribution in [0.1, 0.15) is 37.8 Å². The number of hydrazine groups is 1. The SMILES string of the molecule is CCCCC(NN)c1cccc2ccccc12. The van der Waals surface area contributed by atoms with Crippen molar-refractivity contribution in [1.82, 2.24) is 5.43 Å². The molecule has 17 heavy (non-hydrogen) atoms. The van der Waals surface area contributed by atoms with E-state index in [2.05, 4.69) is 54.8 Å². The molecule has 3 N–H and O–H groups in total. The molecule has 0 aromatic heterocycles. The zero-order valence-electron chi connectivity index (χ0n) is 10.3. The molecule has 0 amide bonds. The van der Waals surface area contributed by atoms with Crippen molar-refractivity contribution in [2.75, 3.05) is 0 Å². The van der Waals surface area contributed by atoms with Gasteiger partial charge in [-0.25, -0.2) is 0 Å². The second-order valence-corrected chi connectivity index (χ2v) is 4.43. The van der Waals surface area contributed by atoms with Gasteiger partial charge in [0.25, 0.3) is 0 Å². The highest BCUT2D eigenvalue weighted by atomic mass is 15.2. The summed E-state index contributed by atoms with van der Waals surface area (Å²) in [5, 5.41) is 2.58. The Balaban J connectivity index is 2.38. The van der Waals surface area contributed by atoms with Gasteiger partial charge in [0.05, 0.1) is 0 Å². The fraction of sp³-hybridized carbons (Fsp3) is 0.333. The van der Waals surface area contributed by atoms with Crippen molar-refractivity contribution >= 4 is 10.8 Å². The van der Waals surface area contributed by atoms with Crippen LogP contribution in [0.25, 0.3) is 10.8 Å². The summed E-state index contributed by atoms with van der Waals surface area (Å²) in [4.78, 5) is 0. The number of hydrogen-bond acceptors (Lipinski definition) is 2. The Morgan fingerprint density at radius 1 is 1.12 bits per heavy atom. The lowest BCUT2D eigenvalue weighted by atomic mass is 9.96. The van der Waals surface area contributed by atoms with Gasteiger partial charge in [0.2, 0.25) is 0 Å². The van der Waals surface area contributed by atoms with Gasteiger partial charge in [-0.05, 0) is 22.8 Å². The highest BCUT2D eigenvalue weighted by Gasteiger charge is 2.11. The van der Waals surface area contributed by atoms with Crippen molar-refractivity contribution in [3.05, 3.63) is 48.0 Å². The van der Waals surface area contributed by atoms with Gasteiger partial charge in [-0.3, -0.25) is 11.3 Å². The van der Waals surface area contributed by atoms with Crippen molar-refractivity contribution < 1.29 is 0 Å². The van der Waals surface area contributed by atoms with E-state index in [1.165, 1.54) is 29.2 Å². The number of fused-ring (bicyclic) bond motifs is 1. The maximum absolute atomic E-state index is 5.69. The Labute approximate surface area is 103 Å². The lowest BCUT2D eigenvalue weighted by Gasteiger charge is -2.18. The topological polar surface area (TPSA) is 38.0 Å². The molecule has 0 fully saturated rings. The molecule has 0 radical (unpaired) electrons. The first kappa shape index (κ1) is 12.1. The van der Waals surface area contributed by atoms with E-state index in [0.717, 1.165) is 6.42 Å². The van der Waals surface area contributed by atoms with Crippen LogP contribution < -0.4 is 11.3 Å². The zero-order chi connectivity index (χ0) is 12.1. The van der Waals surface area contributed by atoms with Crippen molar-refractivity contribution in [1.29, 1.82) is 0 Å². The molecule has 90 valence electrons. The van der Waals surface area contributed by atoms with Gasteiger partial charge >= 0.3 is 0 Å². The van der Waals surface area contributed by atoms with Crippen LogP contribution in [0, 0.1) is 0 Å². The van der Waals surface area contributed by atoms with Crippen molar-refractivity contribution in [2.45, 2.75) is 32.2 Å². The summed E-state index contributed by atoms with van der Waals surface area (Å²) in [7, 11) is 0. The van der Waals surface area contributed by atoms with Gasteiger partial charge in [-0.1, -0.05) is 62.2 Å². The van der Waals surface area contributed by atoms with Crippen LogP contribution in [0.15, 0.2) is 42.5 Å². The second kappa shape index (κ2) is 5.80. The molecular weight excluding hydrogens is 208 g/mol. The fourth-order valence-corrected chi connectivity index (χ4v) is 2.29. The standard InChI is InChI=1S/C15H20N2/c1-2-3-11-15(17-16)14-10-6-8-12-7-4-5-9-13(12)14/h4-10,15,17H,2-3,11,16H2,1H3. The number of nitrogens with two attached hydrogens (primary N) is 1. The van der Waals surface area contributed by atoms with Crippen molar-refractivity contribution in [2.24, 2.45) is 5.84 Å². The van der Waals surface area contributed by atoms with Gasteiger partial charge in [0, 0.05) is 6.04 Å². The first-order valence-corrected chi connectivity index (χ1v) is 6.30. The Hall–Kier alpha value is -1.38. The number of benzene rings is 2. The van der Waals surface area contributed by atoms with Crippen LogP contribution in [0.2, 0.25) is 0 Å². The molecule has 2 aromatic rings. The average Bonchev–Trinajstić information content (AvgIpc) is 2.40. The van der Waals surface area contributed by atoms with Crippen LogP contribution in [0.3, 0.4) is 0 Å². The van der Waals surface area contributed by atoms with E-state index in [1.54, 1.807) is 0 Å². The first-order chi connectivity index (χ1) is 8.36. The molecule has 0 saturated heterocycles. The minimum atomic E-state index is 0.251. The van der Waals surface area contributed by atoms with Crippen LogP contribution >= 0.6 is 0 Å². The second-order valence-electron chi connectivity index (χ2n) is 4.43. The minimum absolute atomic E-state index is 0.251. The normalized spacial score (nSPS) is 12.8. The molecule has 1 atom stereocenters. The summed E-state index contributed by atoms with van der Waals surface area (Å²) in [5.41, 5.74) is 4.25. The summed E-state index contributed by atoms with van der Waals surface area (Å²) in [5.74, 6) is 5.69. The predicted octanol–water partition coefficient (Wildman–Crippen LogP) is 3.53. The molecule has 0 aliphatic carbocycles. The highest BCUT2D eigenvalue weighted by Crippen LogP contribution is 2.26. The molecule has 0 aliphatic heterocycles. The summed E-state index contributed by atoms with van der Waals surface area (Å²) < 4.78 is 0. The molecule has 2 rings (SSSR count). The Bertz CT molecular complexity index is 474. The quantitative estimate of drug-likeness (QED) is 0.607. The lowest BCUT2D eigenvalue weighted by Crippen LogP contribution is -2.28. The molecule has 1 unspecified atom stereocenters. The molecule has 0 spiro atoms. The van der Waals surface area contributed by atoms with Gasteiger partial charge in [-0.15, -0.1) is 0 Å². The van der Waals surface area contributed by atoms with E-state index in [1.807, 2.05) is 0 Å². The summed E-state index contributed by atoms with van der Waals surface area (Å²) >= 11 is 0. The third-order valence-corrected chi connectivity index (χ3v) is 3.25. The fourth-order valence-electron chi connectivity index (χ4n) is 2.29. The van der Waals surface area contributed by atoms with Gasteiger partial charge in [0.15, 0.2) is 0 Å². The Morgan fingerprint density at radius 3 is 2.65 bits per heavy atom. The van der Waals surface area contributed by atoms with Gasteiger partial charge in [0.1, 0.15) is 0 Å². The minimum Gasteiger partial charge on any atom is -0.271 e. The number of rotatable bonds is 5. The third-order valence-electron chi connectivity index (χ3n) is 3.25. The maximum atomic E-state index is 5.69. The molecule has 2 nitrogen and oxygen atoms in total. The summed E-state index contributed by atoms with van der Waals surface area (Å²) in [6, 6.07) is 15.1. The van der Waals surface area contributed by atoms with Crippen LogP contribution in [-0.2, 0) is 0 Å². The summed E-state index contributed by atoms with van der Waals surface area (Å²) in [6.45, 7) is 2.21. The number of nitrogens with one attached hydrogen (secondary N) is 1. The van der Waals surface area contributed by atoms with Crippen LogP contribution in [-0.4, -0.2) is 0 Å². The Kier molecular flexibility index (Phi) is 4.13. The smallest absolute Gasteiger partial charge is 0.0466 e. The van der Waals surface area contributed by atoms with Crippen LogP contribution in [0.4, 0.5) is 0 Å². The average molecular weight is 228 g/mol. The molecule has 2 heteroatoms. The van der Waals surface area contributed by atoms with E-state index >= 15 is 0 Å². The van der Waals surface area contributed by atoms with E-state index in [-0.39, 0.29) is 6.04 Å². The van der Waals surface area contributed by atoms with Crippen LogP contribution in [0.5, 0.6) is 0 Å². The van der Waals surface area contributed by atoms with Gasteiger partial charge in [-0.2, -0.15) is 0 Å². The van der Waals surface area contributed by atoms with Crippen molar-refractivity contribution in [3.8, 4) is 0 Å². The largest absolute Gasteiger partial charge is 0.271 e. The van der Waals surface area contributed by atoms with Crippen molar-refractivity contribution in [3.63, 3.8) is 0 Å². The monoisotopic (exact) mass is 228 g/mol. The predicted molar refractivity (Wildman–Crippen MR) is 73.5 cm³/mol. The Morgan fingerprint density at radius 2 is 1.88 bits per heavy atom. The van der Waals surface area contributed by atoms with E-state index < -0.39 is 0 Å². The molecule has 0 aliphatic rings. The highest BCUT2D eigenvalue weighted by molar-refractivity contribution is 5.86. The third kappa shape index (κ3) is 2.65. The molecule has 2 aromatic carbocycles. The van der Waals surface area contributed by atoms with Gasteiger partial charge < -0.3 is 0 Å². The molecule has 0 heterocycles. The molecule has 0 bridgehead atoms. The summed E-state index contributed by atoms with van der Waals surface area (Å²) in [6.07, 6.45) is 3.47. The van der Waals surface area contributed by atoms with E-state index in [4.69, 9.17) is 5.84 Å². The first-order valence-electron chi connectivity index (χ1n) is 6.30. The zero-order valence-corrected chi connectivity index (χ0v) is 10.3. The van der Waals surface area contributed by atoms with E-state index in [9.17, 15) is 0 Å². The maximum Gasteiger partial charge on any atom is 0.0466 e. The number of hydrogen-bond donors (Lipinski definition) is 2. The lowest BCUT2D eigenvalue weighted by molar-refractivity contribution is 0.498. The van der Waals surface area contributed by atoms with E-state index in [0.29, 0.717) is 0 Å². The number of unbranched alkanes of at least 4 members (excludes halogenated alkanes) is 1. The molecular formula is C15H20N2. The molecule has 0 saturated carbocycles.